The van der Waals surface area contributed by atoms with Crippen LogP contribution in [0.4, 0.5) is 0 Å². The van der Waals surface area contributed by atoms with Gasteiger partial charge in [-0.1, -0.05) is 20.8 Å². The molecule has 0 aliphatic heterocycles. The minimum absolute atomic E-state index is 0.139. The van der Waals surface area contributed by atoms with E-state index in [0.717, 1.165) is 18.5 Å². The summed E-state index contributed by atoms with van der Waals surface area (Å²) >= 11 is 0. The Morgan fingerprint density at radius 3 is 2.67 bits per heavy atom. The summed E-state index contributed by atoms with van der Waals surface area (Å²) in [6.45, 7) is 8.76. The smallest absolute Gasteiger partial charge is 0.0965 e. The molecule has 1 aromatic heterocycles. The topological polar surface area (TPSA) is 33.1 Å². The summed E-state index contributed by atoms with van der Waals surface area (Å²) in [5.41, 5.74) is 4.94. The molecule has 1 aliphatic carbocycles. The van der Waals surface area contributed by atoms with Crippen molar-refractivity contribution in [1.82, 2.24) is 4.98 Å². The number of nitrogens with zero attached hydrogens (tertiary/aromatic N) is 1. The summed E-state index contributed by atoms with van der Waals surface area (Å²) < 4.78 is 0. The van der Waals surface area contributed by atoms with Crippen LogP contribution in [0.1, 0.15) is 55.7 Å². The Balaban J connectivity index is 2.56. The standard InChI is InChI=1S/C13H19NO/c1-8-9-5-6-11(15)12(9)14-7-10(8)13(2,3)4/h7,11,15H,5-6H2,1-4H3. The Bertz CT molecular complexity index is 390. The van der Waals surface area contributed by atoms with Crippen molar-refractivity contribution in [1.29, 1.82) is 0 Å². The first-order valence-corrected chi connectivity index (χ1v) is 5.58. The number of hydrogen-bond acceptors (Lipinski definition) is 2. The monoisotopic (exact) mass is 205 g/mol. The van der Waals surface area contributed by atoms with Gasteiger partial charge in [-0.25, -0.2) is 0 Å². The van der Waals surface area contributed by atoms with E-state index in [1.807, 2.05) is 6.20 Å². The summed E-state index contributed by atoms with van der Waals surface area (Å²) in [7, 11) is 0. The van der Waals surface area contributed by atoms with Crippen molar-refractivity contribution in [3.63, 3.8) is 0 Å². The SMILES string of the molecule is Cc1c(C(C)(C)C)cnc2c1CCC2O. The molecule has 2 rings (SSSR count). The van der Waals surface area contributed by atoms with Crippen LogP contribution in [0.2, 0.25) is 0 Å². The molecule has 1 atom stereocenters. The summed E-state index contributed by atoms with van der Waals surface area (Å²) in [5.74, 6) is 0. The van der Waals surface area contributed by atoms with E-state index in [4.69, 9.17) is 0 Å². The van der Waals surface area contributed by atoms with Gasteiger partial charge in [0.1, 0.15) is 0 Å². The van der Waals surface area contributed by atoms with E-state index in [0.29, 0.717) is 0 Å². The first kappa shape index (κ1) is 10.6. The summed E-state index contributed by atoms with van der Waals surface area (Å²) in [5, 5.41) is 9.74. The van der Waals surface area contributed by atoms with E-state index in [9.17, 15) is 5.11 Å². The number of pyridine rings is 1. The second kappa shape index (κ2) is 3.31. The van der Waals surface area contributed by atoms with E-state index in [2.05, 4.69) is 32.7 Å². The Labute approximate surface area is 91.4 Å². The fraction of sp³-hybridized carbons (Fsp3) is 0.615. The molecule has 0 radical (unpaired) electrons. The highest BCUT2D eigenvalue weighted by molar-refractivity contribution is 5.42. The van der Waals surface area contributed by atoms with Gasteiger partial charge in [0.15, 0.2) is 0 Å². The molecule has 0 saturated heterocycles. The number of rotatable bonds is 0. The molecule has 1 aromatic rings. The first-order valence-electron chi connectivity index (χ1n) is 5.58. The van der Waals surface area contributed by atoms with Gasteiger partial charge in [-0.3, -0.25) is 4.98 Å². The molecule has 0 bridgehead atoms. The van der Waals surface area contributed by atoms with Crippen LogP contribution in [0.3, 0.4) is 0 Å². The minimum Gasteiger partial charge on any atom is -0.387 e. The average molecular weight is 205 g/mol. The third kappa shape index (κ3) is 1.67. The second-order valence-electron chi connectivity index (χ2n) is 5.47. The van der Waals surface area contributed by atoms with Gasteiger partial charge in [0.05, 0.1) is 11.8 Å². The predicted molar refractivity (Wildman–Crippen MR) is 61.0 cm³/mol. The van der Waals surface area contributed by atoms with E-state index in [-0.39, 0.29) is 11.5 Å². The van der Waals surface area contributed by atoms with Gasteiger partial charge in [-0.15, -0.1) is 0 Å². The summed E-state index contributed by atoms with van der Waals surface area (Å²) in [4.78, 5) is 4.42. The Hall–Kier alpha value is -0.890. The molecule has 1 N–H and O–H groups in total. The lowest BCUT2D eigenvalue weighted by Crippen LogP contribution is -2.15. The molecule has 15 heavy (non-hydrogen) atoms. The van der Waals surface area contributed by atoms with E-state index in [1.165, 1.54) is 16.7 Å². The molecular weight excluding hydrogens is 186 g/mol. The van der Waals surface area contributed by atoms with E-state index in [1.54, 1.807) is 0 Å². The van der Waals surface area contributed by atoms with Crippen LogP contribution < -0.4 is 0 Å². The van der Waals surface area contributed by atoms with Crippen LogP contribution in [0.25, 0.3) is 0 Å². The third-order valence-electron chi connectivity index (χ3n) is 3.29. The number of aromatic nitrogens is 1. The van der Waals surface area contributed by atoms with Gasteiger partial charge in [-0.2, -0.15) is 0 Å². The Morgan fingerprint density at radius 2 is 2.07 bits per heavy atom. The quantitative estimate of drug-likeness (QED) is 0.706. The fourth-order valence-electron chi connectivity index (χ4n) is 2.44. The molecule has 2 nitrogen and oxygen atoms in total. The normalized spacial score (nSPS) is 20.5. The highest BCUT2D eigenvalue weighted by atomic mass is 16.3. The molecule has 0 aromatic carbocycles. The molecule has 0 spiro atoms. The molecule has 0 amide bonds. The number of aliphatic hydroxyl groups excluding tert-OH is 1. The number of aliphatic hydroxyl groups is 1. The van der Waals surface area contributed by atoms with Gasteiger partial charge < -0.3 is 5.11 Å². The van der Waals surface area contributed by atoms with Crippen LogP contribution in [-0.2, 0) is 11.8 Å². The molecule has 1 heterocycles. The largest absolute Gasteiger partial charge is 0.387 e. The summed E-state index contributed by atoms with van der Waals surface area (Å²) in [6.07, 6.45) is 3.39. The van der Waals surface area contributed by atoms with Gasteiger partial charge in [0.2, 0.25) is 0 Å². The van der Waals surface area contributed by atoms with E-state index < -0.39 is 0 Å². The maximum absolute atomic E-state index is 9.74. The molecule has 1 aliphatic rings. The average Bonchev–Trinajstić information content (AvgIpc) is 2.47. The zero-order valence-electron chi connectivity index (χ0n) is 9.96. The van der Waals surface area contributed by atoms with Crippen LogP contribution >= 0.6 is 0 Å². The highest BCUT2D eigenvalue weighted by Gasteiger charge is 2.27. The predicted octanol–water partition coefficient (Wildman–Crippen LogP) is 2.67. The third-order valence-corrected chi connectivity index (χ3v) is 3.29. The Kier molecular flexibility index (Phi) is 2.34. The lowest BCUT2D eigenvalue weighted by atomic mass is 9.83. The van der Waals surface area contributed by atoms with Crippen molar-refractivity contribution in [2.75, 3.05) is 0 Å². The van der Waals surface area contributed by atoms with Gasteiger partial charge in [0, 0.05) is 6.20 Å². The van der Waals surface area contributed by atoms with Gasteiger partial charge >= 0.3 is 0 Å². The number of fused-ring (bicyclic) bond motifs is 1. The van der Waals surface area contributed by atoms with E-state index >= 15 is 0 Å². The molecule has 82 valence electrons. The molecular formula is C13H19NO. The molecule has 0 fully saturated rings. The van der Waals surface area contributed by atoms with Crippen molar-refractivity contribution in [3.05, 3.63) is 28.6 Å². The van der Waals surface area contributed by atoms with Crippen molar-refractivity contribution in [2.24, 2.45) is 0 Å². The molecule has 1 unspecified atom stereocenters. The molecule has 0 saturated carbocycles. The van der Waals surface area contributed by atoms with Crippen LogP contribution in [0.15, 0.2) is 6.20 Å². The number of hydrogen-bond donors (Lipinski definition) is 1. The zero-order valence-corrected chi connectivity index (χ0v) is 9.96. The van der Waals surface area contributed by atoms with Crippen LogP contribution in [0.5, 0.6) is 0 Å². The zero-order chi connectivity index (χ0) is 11.2. The summed E-state index contributed by atoms with van der Waals surface area (Å²) in [6, 6.07) is 0. The molecule has 2 heteroatoms. The Morgan fingerprint density at radius 1 is 1.40 bits per heavy atom. The van der Waals surface area contributed by atoms with Crippen LogP contribution in [-0.4, -0.2) is 10.1 Å². The van der Waals surface area contributed by atoms with Crippen molar-refractivity contribution in [3.8, 4) is 0 Å². The highest BCUT2D eigenvalue weighted by Crippen LogP contribution is 2.35. The lowest BCUT2D eigenvalue weighted by Gasteiger charge is -2.23. The second-order valence-corrected chi connectivity index (χ2v) is 5.47. The maximum atomic E-state index is 9.74. The fourth-order valence-corrected chi connectivity index (χ4v) is 2.44. The lowest BCUT2D eigenvalue weighted by molar-refractivity contribution is 0.175. The minimum atomic E-state index is -0.340. The first-order chi connectivity index (χ1) is 6.91. The van der Waals surface area contributed by atoms with Crippen LogP contribution in [0, 0.1) is 6.92 Å². The van der Waals surface area contributed by atoms with Gasteiger partial charge in [0.25, 0.3) is 0 Å². The van der Waals surface area contributed by atoms with Crippen molar-refractivity contribution in [2.45, 2.75) is 52.1 Å². The van der Waals surface area contributed by atoms with Gasteiger partial charge in [-0.05, 0) is 41.9 Å². The van der Waals surface area contributed by atoms with Crippen molar-refractivity contribution >= 4 is 0 Å². The van der Waals surface area contributed by atoms with Crippen molar-refractivity contribution < 1.29 is 5.11 Å². The maximum Gasteiger partial charge on any atom is 0.0965 e.